The molecule has 8 heteroatoms. The zero-order valence-electron chi connectivity index (χ0n) is 16.9. The lowest BCUT2D eigenvalue weighted by molar-refractivity contribution is -0.138. The first-order chi connectivity index (χ1) is 13.6. The molecule has 1 aromatic heterocycles. The molecule has 0 unspecified atom stereocenters. The molecule has 29 heavy (non-hydrogen) atoms. The van der Waals surface area contributed by atoms with Gasteiger partial charge >= 0.3 is 11.8 Å². The minimum Gasteiger partial charge on any atom is -0.342 e. The molecule has 0 bridgehead atoms. The summed E-state index contributed by atoms with van der Waals surface area (Å²) in [7, 11) is 0. The molecule has 2 N–H and O–H groups in total. The molecule has 0 radical (unpaired) electrons. The summed E-state index contributed by atoms with van der Waals surface area (Å²) in [4.78, 5) is 24.9. The lowest BCUT2D eigenvalue weighted by atomic mass is 9.72. The minimum atomic E-state index is -0.723. The van der Waals surface area contributed by atoms with Crippen molar-refractivity contribution in [2.24, 2.45) is 5.41 Å². The summed E-state index contributed by atoms with van der Waals surface area (Å²) in [6.45, 7) is 7.02. The fraction of sp³-hybridized carbons (Fsp3) is 0.476. The lowest BCUT2D eigenvalue weighted by Gasteiger charge is -2.42. The molecule has 2 aromatic rings. The van der Waals surface area contributed by atoms with Crippen LogP contribution in [0.5, 0.6) is 0 Å². The highest BCUT2D eigenvalue weighted by Crippen LogP contribution is 2.37. The Morgan fingerprint density at radius 3 is 2.48 bits per heavy atom. The summed E-state index contributed by atoms with van der Waals surface area (Å²) in [5, 5.41) is 10.9. The van der Waals surface area contributed by atoms with Gasteiger partial charge in [-0.05, 0) is 48.8 Å². The number of nitrogens with one attached hydrogen (secondary N) is 2. The number of hydrogen-bond acceptors (Lipinski definition) is 3. The Bertz CT molecular complexity index is 914. The predicted octanol–water partition coefficient (Wildman–Crippen LogP) is 4.46. The van der Waals surface area contributed by atoms with Crippen LogP contribution in [0.25, 0.3) is 0 Å². The molecule has 6 nitrogen and oxygen atoms in total. The predicted molar refractivity (Wildman–Crippen MR) is 115 cm³/mol. The molecule has 1 aliphatic rings. The summed E-state index contributed by atoms with van der Waals surface area (Å²) in [6.07, 6.45) is 4.93. The van der Waals surface area contributed by atoms with Gasteiger partial charge < -0.3 is 10.6 Å². The highest BCUT2D eigenvalue weighted by molar-refractivity contribution is 6.39. The van der Waals surface area contributed by atoms with Crippen LogP contribution in [0.3, 0.4) is 0 Å². The first-order valence-electron chi connectivity index (χ1n) is 9.66. The van der Waals surface area contributed by atoms with E-state index in [4.69, 9.17) is 23.2 Å². The summed E-state index contributed by atoms with van der Waals surface area (Å²) >= 11 is 12.2. The number of carbonyl (C=O) groups is 2. The second-order valence-electron chi connectivity index (χ2n) is 8.91. The van der Waals surface area contributed by atoms with Gasteiger partial charge in [-0.2, -0.15) is 5.10 Å². The number of benzene rings is 1. The molecular weight excluding hydrogens is 411 g/mol. The number of amides is 2. The number of rotatable bonds is 5. The van der Waals surface area contributed by atoms with Gasteiger partial charge in [-0.1, -0.05) is 50.0 Å². The van der Waals surface area contributed by atoms with Gasteiger partial charge in [0.1, 0.15) is 0 Å². The number of halogens is 2. The normalized spacial score (nSPS) is 15.5. The Balaban J connectivity index is 1.61. The number of anilines is 1. The van der Waals surface area contributed by atoms with Crippen LogP contribution in [-0.4, -0.2) is 27.1 Å². The zero-order valence-corrected chi connectivity index (χ0v) is 18.4. The molecule has 3 rings (SSSR count). The van der Waals surface area contributed by atoms with Crippen molar-refractivity contribution in [1.82, 2.24) is 15.1 Å². The molecule has 2 amide bonds. The Hall–Kier alpha value is -2.05. The molecule has 1 saturated carbocycles. The Morgan fingerprint density at radius 2 is 1.90 bits per heavy atom. The Labute approximate surface area is 180 Å². The summed E-state index contributed by atoms with van der Waals surface area (Å²) in [5.41, 5.74) is 0.499. The maximum Gasteiger partial charge on any atom is 0.314 e. The lowest BCUT2D eigenvalue weighted by Crippen LogP contribution is -2.57. The van der Waals surface area contributed by atoms with Crippen LogP contribution in [-0.2, 0) is 22.6 Å². The van der Waals surface area contributed by atoms with E-state index in [1.165, 1.54) is 0 Å². The van der Waals surface area contributed by atoms with Crippen LogP contribution < -0.4 is 10.6 Å². The molecule has 1 aliphatic carbocycles. The fourth-order valence-electron chi connectivity index (χ4n) is 3.45. The van der Waals surface area contributed by atoms with Crippen molar-refractivity contribution in [3.8, 4) is 0 Å². The fourth-order valence-corrected chi connectivity index (χ4v) is 3.93. The highest BCUT2D eigenvalue weighted by Gasteiger charge is 2.40. The van der Waals surface area contributed by atoms with Crippen LogP contribution in [0.1, 0.15) is 45.6 Å². The van der Waals surface area contributed by atoms with E-state index in [1.54, 1.807) is 29.1 Å². The monoisotopic (exact) mass is 436 g/mol. The van der Waals surface area contributed by atoms with Gasteiger partial charge in [-0.25, -0.2) is 0 Å². The Kier molecular flexibility index (Phi) is 6.24. The van der Waals surface area contributed by atoms with Gasteiger partial charge in [-0.3, -0.25) is 14.3 Å². The van der Waals surface area contributed by atoms with Crippen LogP contribution in [0.2, 0.25) is 10.0 Å². The molecule has 1 fully saturated rings. The van der Waals surface area contributed by atoms with Crippen LogP contribution >= 0.6 is 23.2 Å². The number of aromatic nitrogens is 2. The average molecular weight is 437 g/mol. The molecular formula is C21H26Cl2N4O2. The van der Waals surface area contributed by atoms with Gasteiger partial charge in [0.2, 0.25) is 0 Å². The third-order valence-electron chi connectivity index (χ3n) is 4.96. The van der Waals surface area contributed by atoms with Crippen molar-refractivity contribution in [2.75, 3.05) is 5.32 Å². The Morgan fingerprint density at radius 1 is 1.17 bits per heavy atom. The SMILES string of the molecule is CC(C)(C)Cn1ccc(NC(=O)C(=O)NC2(Cc3ccc(Cl)cc3Cl)CCC2)n1. The van der Waals surface area contributed by atoms with Crippen molar-refractivity contribution < 1.29 is 9.59 Å². The van der Waals surface area contributed by atoms with Gasteiger partial charge in [0, 0.05) is 34.4 Å². The van der Waals surface area contributed by atoms with Crippen LogP contribution in [0.4, 0.5) is 5.82 Å². The quantitative estimate of drug-likeness (QED) is 0.679. The zero-order chi connectivity index (χ0) is 21.2. The van der Waals surface area contributed by atoms with E-state index in [0.717, 1.165) is 24.8 Å². The van der Waals surface area contributed by atoms with E-state index in [0.29, 0.717) is 28.8 Å². The topological polar surface area (TPSA) is 76.0 Å². The first kappa shape index (κ1) is 21.7. The molecule has 0 aliphatic heterocycles. The van der Waals surface area contributed by atoms with E-state index in [1.807, 2.05) is 6.07 Å². The van der Waals surface area contributed by atoms with Gasteiger partial charge in [-0.15, -0.1) is 0 Å². The molecule has 156 valence electrons. The molecule has 0 spiro atoms. The third kappa shape index (κ3) is 5.73. The summed E-state index contributed by atoms with van der Waals surface area (Å²) in [5.74, 6) is -1.03. The molecule has 0 atom stereocenters. The smallest absolute Gasteiger partial charge is 0.314 e. The first-order valence-corrected chi connectivity index (χ1v) is 10.4. The molecule has 1 aromatic carbocycles. The standard InChI is InChI=1S/C21H26Cl2N4O2/c1-20(2,3)13-27-10-7-17(26-27)24-18(28)19(29)25-21(8-4-9-21)12-14-5-6-15(22)11-16(14)23/h5-7,10-11H,4,8-9,12-13H2,1-3H3,(H,25,29)(H,24,26,28). The summed E-state index contributed by atoms with van der Waals surface area (Å²) < 4.78 is 1.75. The molecule has 0 saturated heterocycles. The second kappa shape index (κ2) is 8.36. The van der Waals surface area contributed by atoms with Crippen molar-refractivity contribution >= 4 is 40.8 Å². The maximum absolute atomic E-state index is 12.5. The molecule has 1 heterocycles. The van der Waals surface area contributed by atoms with Crippen molar-refractivity contribution in [1.29, 1.82) is 0 Å². The highest BCUT2D eigenvalue weighted by atomic mass is 35.5. The number of nitrogens with zero attached hydrogens (tertiary/aromatic N) is 2. The maximum atomic E-state index is 12.5. The number of hydrogen-bond donors (Lipinski definition) is 2. The van der Waals surface area contributed by atoms with E-state index in [2.05, 4.69) is 36.5 Å². The van der Waals surface area contributed by atoms with Crippen molar-refractivity contribution in [3.63, 3.8) is 0 Å². The largest absolute Gasteiger partial charge is 0.342 e. The van der Waals surface area contributed by atoms with Crippen molar-refractivity contribution in [3.05, 3.63) is 46.1 Å². The van der Waals surface area contributed by atoms with Gasteiger partial charge in [0.25, 0.3) is 0 Å². The van der Waals surface area contributed by atoms with E-state index in [9.17, 15) is 9.59 Å². The average Bonchev–Trinajstić information content (AvgIpc) is 2.99. The van der Waals surface area contributed by atoms with Crippen LogP contribution in [0, 0.1) is 5.41 Å². The van der Waals surface area contributed by atoms with Crippen LogP contribution in [0.15, 0.2) is 30.5 Å². The van der Waals surface area contributed by atoms with E-state index < -0.39 is 17.4 Å². The van der Waals surface area contributed by atoms with Gasteiger partial charge in [0.05, 0.1) is 0 Å². The third-order valence-corrected chi connectivity index (χ3v) is 5.55. The second-order valence-corrected chi connectivity index (χ2v) is 9.76. The van der Waals surface area contributed by atoms with E-state index >= 15 is 0 Å². The number of carbonyl (C=O) groups excluding carboxylic acids is 2. The van der Waals surface area contributed by atoms with Gasteiger partial charge in [0.15, 0.2) is 5.82 Å². The van der Waals surface area contributed by atoms with Crippen molar-refractivity contribution in [2.45, 2.75) is 58.5 Å². The minimum absolute atomic E-state index is 0.0597. The van der Waals surface area contributed by atoms with E-state index in [-0.39, 0.29) is 5.41 Å². The summed E-state index contributed by atoms with van der Waals surface area (Å²) in [6, 6.07) is 7.01.